The van der Waals surface area contributed by atoms with Crippen LogP contribution in [0, 0.1) is 5.92 Å². The molecule has 0 spiro atoms. The normalized spacial score (nSPS) is 12.6. The Balaban J connectivity index is 1.69. The van der Waals surface area contributed by atoms with Gasteiger partial charge in [-0.25, -0.2) is 4.79 Å². The van der Waals surface area contributed by atoms with Crippen molar-refractivity contribution < 1.29 is 19.4 Å². The molecule has 2 amide bonds. The van der Waals surface area contributed by atoms with Gasteiger partial charge in [0.1, 0.15) is 11.9 Å². The van der Waals surface area contributed by atoms with Crippen molar-refractivity contribution in [1.82, 2.24) is 0 Å². The second kappa shape index (κ2) is 14.3. The Labute approximate surface area is 243 Å². The van der Waals surface area contributed by atoms with E-state index < -0.39 is 12.2 Å². The first kappa shape index (κ1) is 29.6. The predicted octanol–water partition coefficient (Wildman–Crippen LogP) is 8.12. The topological polar surface area (TPSA) is 114 Å². The average Bonchev–Trinajstić information content (AvgIpc) is 2.89. The number of aromatic hydroxyl groups is 1. The Kier molecular flexibility index (Phi) is 11.1. The number of phenols is 1. The lowest BCUT2D eigenvalue weighted by Crippen LogP contribution is -2.22. The van der Waals surface area contributed by atoms with E-state index in [9.17, 15) is 14.7 Å². The molecule has 0 aliphatic carbocycles. The number of anilines is 3. The molecule has 3 aromatic rings. The van der Waals surface area contributed by atoms with Crippen LogP contribution in [0.25, 0.3) is 0 Å². The molecule has 0 fully saturated rings. The third-order valence-electron chi connectivity index (χ3n) is 5.73. The van der Waals surface area contributed by atoms with Crippen LogP contribution in [0.4, 0.5) is 21.9 Å². The van der Waals surface area contributed by atoms with Gasteiger partial charge in [-0.3, -0.25) is 10.1 Å². The summed E-state index contributed by atoms with van der Waals surface area (Å²) in [5.41, 5.74) is 7.98. The fourth-order valence-corrected chi connectivity index (χ4v) is 5.38. The molecule has 5 N–H and O–H groups in total. The highest BCUT2D eigenvalue weighted by atomic mass is 79.9. The molecule has 200 valence electrons. The maximum Gasteiger partial charge on any atom is 0.412 e. The molecular formula is C28H29Br2N3O4S. The number of nitrogens with one attached hydrogen (secondary N) is 2. The van der Waals surface area contributed by atoms with Crippen LogP contribution in [0.1, 0.15) is 31.4 Å². The summed E-state index contributed by atoms with van der Waals surface area (Å²) in [6, 6.07) is 17.9. The molecule has 7 nitrogen and oxygen atoms in total. The smallest absolute Gasteiger partial charge is 0.412 e. The summed E-state index contributed by atoms with van der Waals surface area (Å²) in [7, 11) is 0. The molecular weight excluding hydrogens is 634 g/mol. The van der Waals surface area contributed by atoms with Crippen molar-refractivity contribution in [2.45, 2.75) is 30.8 Å². The summed E-state index contributed by atoms with van der Waals surface area (Å²) in [4.78, 5) is 26.2. The molecule has 0 bridgehead atoms. The summed E-state index contributed by atoms with van der Waals surface area (Å²) < 4.78 is 7.05. The number of halogens is 2. The van der Waals surface area contributed by atoms with Crippen LogP contribution in [0.15, 0.2) is 86.7 Å². The van der Waals surface area contributed by atoms with Gasteiger partial charge >= 0.3 is 6.09 Å². The average molecular weight is 663 g/mol. The van der Waals surface area contributed by atoms with Crippen molar-refractivity contribution in [3.63, 3.8) is 0 Å². The fourth-order valence-electron chi connectivity index (χ4n) is 3.71. The van der Waals surface area contributed by atoms with E-state index in [1.165, 1.54) is 6.08 Å². The van der Waals surface area contributed by atoms with Gasteiger partial charge in [-0.15, -0.1) is 11.8 Å². The maximum atomic E-state index is 12.8. The van der Waals surface area contributed by atoms with Gasteiger partial charge in [-0.05, 0) is 95.6 Å². The van der Waals surface area contributed by atoms with Crippen LogP contribution in [-0.4, -0.2) is 23.4 Å². The third-order valence-corrected chi connectivity index (χ3v) is 7.53. The second-order valence-corrected chi connectivity index (χ2v) is 11.2. The highest BCUT2D eigenvalue weighted by Gasteiger charge is 2.27. The van der Waals surface area contributed by atoms with Crippen molar-refractivity contribution in [3.05, 3.63) is 87.3 Å². The van der Waals surface area contributed by atoms with E-state index in [0.29, 0.717) is 39.9 Å². The number of nitrogens with two attached hydrogens (primary N) is 1. The number of hydrogen-bond acceptors (Lipinski definition) is 6. The number of carbonyl (C=O) groups excluding carboxylic acids is 2. The maximum absolute atomic E-state index is 12.8. The van der Waals surface area contributed by atoms with Crippen molar-refractivity contribution in [3.8, 4) is 5.75 Å². The Morgan fingerprint density at radius 2 is 1.82 bits per heavy atom. The molecule has 0 aromatic heterocycles. The number of nitrogen functional groups attached to an aromatic ring is 1. The number of rotatable bonds is 10. The third kappa shape index (κ3) is 8.54. The zero-order chi connectivity index (χ0) is 27.7. The zero-order valence-electron chi connectivity index (χ0n) is 20.9. The number of hydrogen-bond donors (Lipinski definition) is 4. The van der Waals surface area contributed by atoms with Crippen molar-refractivity contribution in [2.75, 3.05) is 22.6 Å². The van der Waals surface area contributed by atoms with Gasteiger partial charge in [0.25, 0.3) is 0 Å². The van der Waals surface area contributed by atoms with Gasteiger partial charge in [0.05, 0.1) is 15.8 Å². The summed E-state index contributed by atoms with van der Waals surface area (Å²) >= 11 is 8.41. The van der Waals surface area contributed by atoms with Gasteiger partial charge in [0.15, 0.2) is 0 Å². The Bertz CT molecular complexity index is 1300. The largest absolute Gasteiger partial charge is 0.506 e. The number of ether oxygens (including phenoxy) is 1. The lowest BCUT2D eigenvalue weighted by Gasteiger charge is -2.26. The first-order valence-electron chi connectivity index (χ1n) is 11.8. The number of thioether (sulfide) groups is 1. The molecule has 2 atom stereocenters. The lowest BCUT2D eigenvalue weighted by molar-refractivity contribution is -0.111. The van der Waals surface area contributed by atoms with Crippen LogP contribution in [0.2, 0.25) is 0 Å². The minimum Gasteiger partial charge on any atom is -0.506 e. The zero-order valence-corrected chi connectivity index (χ0v) is 24.9. The molecule has 0 unspecified atom stereocenters. The van der Waals surface area contributed by atoms with Gasteiger partial charge < -0.3 is 20.9 Å². The first-order chi connectivity index (χ1) is 18.2. The van der Waals surface area contributed by atoms with Gasteiger partial charge in [-0.2, -0.15) is 0 Å². The minimum absolute atomic E-state index is 0.00227. The molecule has 3 aromatic carbocycles. The van der Waals surface area contributed by atoms with E-state index in [1.54, 1.807) is 66.4 Å². The summed E-state index contributed by atoms with van der Waals surface area (Å²) in [6.07, 6.45) is 4.93. The van der Waals surface area contributed by atoms with E-state index in [2.05, 4.69) is 42.5 Å². The van der Waals surface area contributed by atoms with Crippen molar-refractivity contribution >= 4 is 72.7 Å². The summed E-state index contributed by atoms with van der Waals surface area (Å²) in [5.74, 6) is -0.481. The molecule has 0 aliphatic heterocycles. The van der Waals surface area contributed by atoms with Gasteiger partial charge in [0, 0.05) is 20.6 Å². The first-order valence-corrected chi connectivity index (χ1v) is 14.6. The molecule has 3 rings (SSSR count). The highest BCUT2D eigenvalue weighted by molar-refractivity contribution is 9.11. The van der Waals surface area contributed by atoms with E-state index in [0.717, 1.165) is 9.37 Å². The Hall–Kier alpha value is -2.95. The molecule has 10 heteroatoms. The Morgan fingerprint density at radius 1 is 1.11 bits per heavy atom. The van der Waals surface area contributed by atoms with Gasteiger partial charge in [0.2, 0.25) is 5.91 Å². The number of phenolic OH excluding ortho intramolecular Hbond substituents is 1. The quantitative estimate of drug-likeness (QED) is 0.0991. The number of allylic oxidation sites excluding steroid dienone is 1. The second-order valence-electron chi connectivity index (χ2n) is 8.54. The van der Waals surface area contributed by atoms with Crippen LogP contribution < -0.4 is 16.4 Å². The van der Waals surface area contributed by atoms with E-state index in [-0.39, 0.29) is 17.6 Å². The number of para-hydroxylation sites is 2. The minimum atomic E-state index is -0.749. The highest BCUT2D eigenvalue weighted by Crippen LogP contribution is 2.41. The number of carbonyl (C=O) groups is 2. The monoisotopic (exact) mass is 661 g/mol. The molecule has 0 saturated heterocycles. The molecule has 0 heterocycles. The summed E-state index contributed by atoms with van der Waals surface area (Å²) in [6.45, 7) is 1.93. The van der Waals surface area contributed by atoms with Crippen LogP contribution in [0.5, 0.6) is 5.75 Å². The summed E-state index contributed by atoms with van der Waals surface area (Å²) in [5, 5.41) is 16.3. The lowest BCUT2D eigenvalue weighted by atomic mass is 9.92. The molecule has 0 aliphatic rings. The predicted molar refractivity (Wildman–Crippen MR) is 162 cm³/mol. The Morgan fingerprint density at radius 3 is 2.50 bits per heavy atom. The van der Waals surface area contributed by atoms with Crippen LogP contribution in [-0.2, 0) is 9.53 Å². The van der Waals surface area contributed by atoms with Crippen LogP contribution in [0.3, 0.4) is 0 Å². The van der Waals surface area contributed by atoms with Crippen molar-refractivity contribution in [1.29, 1.82) is 0 Å². The standard InChI is InChI=1S/C28H29Br2N3O4S/c1-17(7-3-6-10-25(34)33-24-9-5-4-8-23(24)31)27(21-15-18(29)16-22(30)26(21)35)37-28(36)32-19-11-13-20(38-2)14-12-19/h4-6,8-17,27,35H,3,7,31H2,1-2H3,(H,32,36)(H,33,34)/b10-6+/t17-,27-/m0/s1. The molecule has 0 radical (unpaired) electrons. The number of amides is 2. The van der Waals surface area contributed by atoms with E-state index in [4.69, 9.17) is 10.5 Å². The SMILES string of the molecule is CSc1ccc(NC(=O)O[C@H](c2cc(Br)cc(Br)c2O)[C@@H](C)CC/C=C/C(=O)Nc2ccccc2N)cc1. The number of benzene rings is 3. The molecule has 38 heavy (non-hydrogen) atoms. The fraction of sp³-hybridized carbons (Fsp3) is 0.214. The van der Waals surface area contributed by atoms with E-state index >= 15 is 0 Å². The van der Waals surface area contributed by atoms with Gasteiger partial charge in [-0.1, -0.05) is 41.1 Å². The molecule has 0 saturated carbocycles. The van der Waals surface area contributed by atoms with Crippen molar-refractivity contribution in [2.24, 2.45) is 5.92 Å². The van der Waals surface area contributed by atoms with E-state index in [1.807, 2.05) is 25.3 Å². The van der Waals surface area contributed by atoms with Crippen LogP contribution >= 0.6 is 43.6 Å².